The van der Waals surface area contributed by atoms with Gasteiger partial charge in [-0.05, 0) is 90.2 Å². The molecule has 0 spiro atoms. The van der Waals surface area contributed by atoms with Crippen LogP contribution in [0.5, 0.6) is 5.75 Å². The van der Waals surface area contributed by atoms with E-state index in [0.717, 1.165) is 28.5 Å². The summed E-state index contributed by atoms with van der Waals surface area (Å²) in [7, 11) is 0. The molecule has 4 aromatic rings. The minimum absolute atomic E-state index is 0.142. The summed E-state index contributed by atoms with van der Waals surface area (Å²) in [5.41, 5.74) is 2.85. The summed E-state index contributed by atoms with van der Waals surface area (Å²) in [6.45, 7) is 0.364. The van der Waals surface area contributed by atoms with E-state index in [4.69, 9.17) is 4.74 Å². The third-order valence-corrected chi connectivity index (χ3v) is 6.23. The Bertz CT molecular complexity index is 1400. The van der Waals surface area contributed by atoms with E-state index in [1.54, 1.807) is 12.1 Å². The highest BCUT2D eigenvalue weighted by Crippen LogP contribution is 2.35. The lowest BCUT2D eigenvalue weighted by atomic mass is 10.1. The van der Waals surface area contributed by atoms with Crippen LogP contribution in [0.1, 0.15) is 27.0 Å². The Morgan fingerprint density at radius 2 is 1.63 bits per heavy atom. The Balaban J connectivity index is 1.41. The van der Waals surface area contributed by atoms with Gasteiger partial charge in [0.1, 0.15) is 12.4 Å². The van der Waals surface area contributed by atoms with Gasteiger partial charge in [-0.25, -0.2) is 5.43 Å². The molecule has 0 radical (unpaired) electrons. The summed E-state index contributed by atoms with van der Waals surface area (Å²) < 4.78 is 45.9. The van der Waals surface area contributed by atoms with Gasteiger partial charge in [0.05, 0.1) is 20.7 Å². The summed E-state index contributed by atoms with van der Waals surface area (Å²) >= 11 is 6.97. The van der Waals surface area contributed by atoms with Crippen LogP contribution in [-0.2, 0) is 12.8 Å². The number of hydrazone groups is 1. The van der Waals surface area contributed by atoms with Gasteiger partial charge in [0.15, 0.2) is 0 Å². The maximum absolute atomic E-state index is 12.8. The largest absolute Gasteiger partial charge is 0.487 e. The zero-order chi connectivity index (χ0) is 25.0. The van der Waals surface area contributed by atoms with Gasteiger partial charge in [0, 0.05) is 5.56 Å². The van der Waals surface area contributed by atoms with Crippen molar-refractivity contribution in [3.63, 3.8) is 0 Å². The van der Waals surface area contributed by atoms with Crippen LogP contribution in [0.2, 0.25) is 0 Å². The zero-order valence-corrected chi connectivity index (χ0v) is 21.1. The molecule has 35 heavy (non-hydrogen) atoms. The fourth-order valence-corrected chi connectivity index (χ4v) is 4.79. The highest BCUT2D eigenvalue weighted by atomic mass is 79.9. The highest BCUT2D eigenvalue weighted by molar-refractivity contribution is 9.11. The Hall–Kier alpha value is -3.17. The fraction of sp³-hybridized carbons (Fsp3) is 0.0769. The zero-order valence-electron chi connectivity index (χ0n) is 17.9. The predicted octanol–water partition coefficient (Wildman–Crippen LogP) is 7.73. The lowest BCUT2D eigenvalue weighted by Crippen LogP contribution is -2.18. The van der Waals surface area contributed by atoms with Crippen molar-refractivity contribution in [2.75, 3.05) is 0 Å². The average molecular weight is 606 g/mol. The van der Waals surface area contributed by atoms with Crippen LogP contribution < -0.4 is 10.2 Å². The number of carbonyl (C=O) groups excluding carboxylic acids is 1. The molecule has 0 aliphatic heterocycles. The first kappa shape index (κ1) is 24.9. The molecule has 0 unspecified atom stereocenters. The molecule has 0 fully saturated rings. The number of nitrogens with zero attached hydrogens (tertiary/aromatic N) is 1. The van der Waals surface area contributed by atoms with Crippen molar-refractivity contribution < 1.29 is 22.7 Å². The molecule has 178 valence electrons. The maximum Gasteiger partial charge on any atom is 0.416 e. The number of halogens is 5. The van der Waals surface area contributed by atoms with Crippen molar-refractivity contribution >= 4 is 54.8 Å². The lowest BCUT2D eigenvalue weighted by Gasteiger charge is -2.12. The summed E-state index contributed by atoms with van der Waals surface area (Å²) in [5.74, 6) is -0.149. The molecule has 0 atom stereocenters. The van der Waals surface area contributed by atoms with E-state index in [2.05, 4.69) is 54.5 Å². The predicted molar refractivity (Wildman–Crippen MR) is 137 cm³/mol. The second kappa shape index (κ2) is 10.6. The molecule has 0 aliphatic carbocycles. The van der Waals surface area contributed by atoms with Crippen LogP contribution in [0.4, 0.5) is 13.2 Å². The highest BCUT2D eigenvalue weighted by Gasteiger charge is 2.30. The van der Waals surface area contributed by atoms with Gasteiger partial charge in [-0.2, -0.15) is 18.3 Å². The van der Waals surface area contributed by atoms with Gasteiger partial charge in [0.25, 0.3) is 5.91 Å². The van der Waals surface area contributed by atoms with Crippen molar-refractivity contribution in [1.29, 1.82) is 0 Å². The SMILES string of the molecule is O=C(N/N=C\c1cc(Br)c(OCc2ccc3ccccc3c2)c(Br)c1)c1cccc(C(F)(F)F)c1. The molecule has 0 bridgehead atoms. The topological polar surface area (TPSA) is 50.7 Å². The molecule has 4 nitrogen and oxygen atoms in total. The van der Waals surface area contributed by atoms with Crippen molar-refractivity contribution in [3.05, 3.63) is 110 Å². The number of fused-ring (bicyclic) bond motifs is 1. The summed E-state index contributed by atoms with van der Waals surface area (Å²) in [5, 5.41) is 6.14. The smallest absolute Gasteiger partial charge is 0.416 e. The molecule has 0 heterocycles. The first-order valence-electron chi connectivity index (χ1n) is 10.3. The van der Waals surface area contributed by atoms with Crippen LogP contribution in [0.15, 0.2) is 92.9 Å². The summed E-state index contributed by atoms with van der Waals surface area (Å²) in [6.07, 6.45) is -3.15. The average Bonchev–Trinajstić information content (AvgIpc) is 2.83. The van der Waals surface area contributed by atoms with E-state index < -0.39 is 17.6 Å². The Morgan fingerprint density at radius 1 is 0.914 bits per heavy atom. The number of nitrogens with one attached hydrogen (secondary N) is 1. The minimum Gasteiger partial charge on any atom is -0.487 e. The number of rotatable bonds is 6. The minimum atomic E-state index is -4.53. The van der Waals surface area contributed by atoms with Gasteiger partial charge >= 0.3 is 6.18 Å². The van der Waals surface area contributed by atoms with Crippen LogP contribution in [0.25, 0.3) is 10.8 Å². The van der Waals surface area contributed by atoms with Gasteiger partial charge in [-0.3, -0.25) is 4.79 Å². The Labute approximate surface area is 216 Å². The molecular weight excluding hydrogens is 589 g/mol. The van der Waals surface area contributed by atoms with Crippen LogP contribution in [-0.4, -0.2) is 12.1 Å². The number of ether oxygens (including phenoxy) is 1. The Kier molecular flexibility index (Phi) is 7.57. The van der Waals surface area contributed by atoms with E-state index in [0.29, 0.717) is 26.9 Å². The molecule has 4 aromatic carbocycles. The molecule has 1 amide bonds. The molecule has 0 aliphatic rings. The molecular formula is C26H17Br2F3N2O2. The lowest BCUT2D eigenvalue weighted by molar-refractivity contribution is -0.137. The van der Waals surface area contributed by atoms with E-state index in [1.807, 2.05) is 30.3 Å². The number of benzene rings is 4. The summed E-state index contributed by atoms with van der Waals surface area (Å²) in [4.78, 5) is 12.2. The van der Waals surface area contributed by atoms with Gasteiger partial charge < -0.3 is 4.74 Å². The molecule has 0 saturated carbocycles. The number of hydrogen-bond acceptors (Lipinski definition) is 3. The molecule has 1 N–H and O–H groups in total. The van der Waals surface area contributed by atoms with Crippen LogP contribution in [0.3, 0.4) is 0 Å². The third-order valence-electron chi connectivity index (χ3n) is 5.05. The second-order valence-corrected chi connectivity index (χ2v) is 9.27. The van der Waals surface area contributed by atoms with E-state index in [1.165, 1.54) is 18.3 Å². The molecule has 0 aromatic heterocycles. The Morgan fingerprint density at radius 3 is 2.34 bits per heavy atom. The van der Waals surface area contributed by atoms with Gasteiger partial charge in [0.2, 0.25) is 0 Å². The number of alkyl halides is 3. The van der Waals surface area contributed by atoms with Crippen molar-refractivity contribution in [3.8, 4) is 5.75 Å². The van der Waals surface area contributed by atoms with Crippen LogP contribution in [0, 0.1) is 0 Å². The standard InChI is InChI=1S/C26H17Br2F3N2O2/c27-22-11-17(14-32-33-25(34)20-6-3-7-21(13-20)26(29,30)31)12-23(28)24(22)35-15-16-8-9-18-4-1-2-5-19(18)10-16/h1-14H,15H2,(H,33,34)/b32-14-. The van der Waals surface area contributed by atoms with Crippen molar-refractivity contribution in [2.24, 2.45) is 5.10 Å². The third kappa shape index (κ3) is 6.29. The maximum atomic E-state index is 12.8. The van der Waals surface area contributed by atoms with Gasteiger partial charge in [-0.1, -0.05) is 42.5 Å². The van der Waals surface area contributed by atoms with E-state index in [9.17, 15) is 18.0 Å². The molecule has 4 rings (SSSR count). The summed E-state index contributed by atoms with van der Waals surface area (Å²) in [6, 6.07) is 21.9. The van der Waals surface area contributed by atoms with E-state index in [-0.39, 0.29) is 5.56 Å². The molecule has 0 saturated heterocycles. The van der Waals surface area contributed by atoms with Crippen LogP contribution >= 0.6 is 31.9 Å². The van der Waals surface area contributed by atoms with Crippen molar-refractivity contribution in [1.82, 2.24) is 5.43 Å². The van der Waals surface area contributed by atoms with Crippen molar-refractivity contribution in [2.45, 2.75) is 12.8 Å². The normalized spacial score (nSPS) is 11.7. The first-order valence-corrected chi connectivity index (χ1v) is 11.9. The quantitative estimate of drug-likeness (QED) is 0.181. The fourth-order valence-electron chi connectivity index (χ4n) is 3.34. The number of amides is 1. The molecule has 9 heteroatoms. The van der Waals surface area contributed by atoms with Gasteiger partial charge in [-0.15, -0.1) is 0 Å². The second-order valence-electron chi connectivity index (χ2n) is 7.56. The number of hydrogen-bond donors (Lipinski definition) is 1. The monoisotopic (exact) mass is 604 g/mol. The number of carbonyl (C=O) groups is 1. The first-order chi connectivity index (χ1) is 16.7. The van der Waals surface area contributed by atoms with E-state index >= 15 is 0 Å².